The van der Waals surface area contributed by atoms with E-state index in [0.717, 1.165) is 11.3 Å². The molecule has 1 saturated heterocycles. The van der Waals surface area contributed by atoms with Crippen molar-refractivity contribution in [1.82, 2.24) is 15.1 Å². The molecule has 0 radical (unpaired) electrons. The number of hydrogen-bond acceptors (Lipinski definition) is 5. The molecular weight excluding hydrogens is 250 g/mol. The predicted octanol–water partition coefficient (Wildman–Crippen LogP) is 1.44. The SMILES string of the molecule is CC1CN(C(=O)c2nnc(Cl)s2)CC(C)O1. The van der Waals surface area contributed by atoms with E-state index in [1.165, 1.54) is 0 Å². The summed E-state index contributed by atoms with van der Waals surface area (Å²) in [5, 5.41) is 7.71. The summed E-state index contributed by atoms with van der Waals surface area (Å²) in [6.07, 6.45) is 0.104. The third-order valence-electron chi connectivity index (χ3n) is 2.29. The van der Waals surface area contributed by atoms with Gasteiger partial charge in [0.15, 0.2) is 0 Å². The maximum absolute atomic E-state index is 12.0. The van der Waals surface area contributed by atoms with E-state index in [4.69, 9.17) is 16.3 Å². The lowest BCUT2D eigenvalue weighted by Gasteiger charge is -2.34. The highest BCUT2D eigenvalue weighted by atomic mass is 35.5. The number of halogens is 1. The van der Waals surface area contributed by atoms with Crippen molar-refractivity contribution in [3.63, 3.8) is 0 Å². The Morgan fingerprint density at radius 3 is 2.56 bits per heavy atom. The summed E-state index contributed by atoms with van der Waals surface area (Å²) in [5.74, 6) is -0.119. The Morgan fingerprint density at radius 2 is 2.06 bits per heavy atom. The summed E-state index contributed by atoms with van der Waals surface area (Å²) in [6.45, 7) is 5.06. The summed E-state index contributed by atoms with van der Waals surface area (Å²) in [6, 6.07) is 0. The van der Waals surface area contributed by atoms with Crippen LogP contribution in [0, 0.1) is 0 Å². The molecule has 1 aliphatic rings. The molecule has 0 bridgehead atoms. The van der Waals surface area contributed by atoms with Crippen LogP contribution in [0.1, 0.15) is 23.6 Å². The zero-order valence-corrected chi connectivity index (χ0v) is 10.6. The average molecular weight is 262 g/mol. The highest BCUT2D eigenvalue weighted by molar-refractivity contribution is 7.17. The van der Waals surface area contributed by atoms with Crippen LogP contribution in [0.4, 0.5) is 0 Å². The van der Waals surface area contributed by atoms with Crippen molar-refractivity contribution in [1.29, 1.82) is 0 Å². The van der Waals surface area contributed by atoms with Crippen molar-refractivity contribution in [3.8, 4) is 0 Å². The largest absolute Gasteiger partial charge is 0.372 e. The second-order valence-electron chi connectivity index (χ2n) is 3.83. The summed E-state index contributed by atoms with van der Waals surface area (Å²) in [5.41, 5.74) is 0. The molecule has 1 aliphatic heterocycles. The van der Waals surface area contributed by atoms with Crippen molar-refractivity contribution in [2.24, 2.45) is 0 Å². The first-order valence-corrected chi connectivity index (χ1v) is 6.19. The minimum atomic E-state index is -0.119. The first-order chi connectivity index (χ1) is 7.56. The number of hydrogen-bond donors (Lipinski definition) is 0. The number of ether oxygens (including phenoxy) is 1. The molecule has 0 spiro atoms. The number of aromatic nitrogens is 2. The molecule has 7 heteroatoms. The Morgan fingerprint density at radius 1 is 1.44 bits per heavy atom. The second kappa shape index (κ2) is 4.65. The van der Waals surface area contributed by atoms with Gasteiger partial charge in [0.1, 0.15) is 0 Å². The molecule has 1 aromatic rings. The lowest BCUT2D eigenvalue weighted by atomic mass is 10.2. The van der Waals surface area contributed by atoms with Crippen LogP contribution in [0.2, 0.25) is 4.47 Å². The van der Waals surface area contributed by atoms with Crippen LogP contribution in [-0.4, -0.2) is 46.3 Å². The van der Waals surface area contributed by atoms with Gasteiger partial charge in [-0.1, -0.05) is 11.3 Å². The highest BCUT2D eigenvalue weighted by Gasteiger charge is 2.28. The summed E-state index contributed by atoms with van der Waals surface area (Å²) in [4.78, 5) is 13.8. The van der Waals surface area contributed by atoms with Crippen LogP contribution in [0.5, 0.6) is 0 Å². The van der Waals surface area contributed by atoms with Crippen molar-refractivity contribution in [2.45, 2.75) is 26.1 Å². The Labute approximate surface area is 102 Å². The monoisotopic (exact) mass is 261 g/mol. The van der Waals surface area contributed by atoms with Gasteiger partial charge in [-0.25, -0.2) is 0 Å². The third kappa shape index (κ3) is 2.50. The smallest absolute Gasteiger partial charge is 0.285 e. The van der Waals surface area contributed by atoms with Gasteiger partial charge in [-0.2, -0.15) is 0 Å². The summed E-state index contributed by atoms with van der Waals surface area (Å²) >= 11 is 6.75. The van der Waals surface area contributed by atoms with E-state index in [2.05, 4.69) is 10.2 Å². The molecule has 2 rings (SSSR count). The third-order valence-corrected chi connectivity index (χ3v) is 3.30. The molecule has 0 saturated carbocycles. The minimum absolute atomic E-state index is 0.0519. The van der Waals surface area contributed by atoms with E-state index in [-0.39, 0.29) is 22.6 Å². The van der Waals surface area contributed by atoms with Crippen LogP contribution in [0.25, 0.3) is 0 Å². The van der Waals surface area contributed by atoms with Gasteiger partial charge in [0.25, 0.3) is 5.91 Å². The molecule has 2 heterocycles. The van der Waals surface area contributed by atoms with Gasteiger partial charge in [-0.15, -0.1) is 10.2 Å². The number of carbonyl (C=O) groups excluding carboxylic acids is 1. The fourth-order valence-electron chi connectivity index (χ4n) is 1.77. The number of carbonyl (C=O) groups is 1. The van der Waals surface area contributed by atoms with Crippen LogP contribution < -0.4 is 0 Å². The molecule has 0 N–H and O–H groups in total. The minimum Gasteiger partial charge on any atom is -0.372 e. The molecule has 1 amide bonds. The lowest BCUT2D eigenvalue weighted by molar-refractivity contribution is -0.0586. The lowest BCUT2D eigenvalue weighted by Crippen LogP contribution is -2.48. The van der Waals surface area contributed by atoms with E-state index >= 15 is 0 Å². The Kier molecular flexibility index (Phi) is 3.41. The number of rotatable bonds is 1. The maximum Gasteiger partial charge on any atom is 0.285 e. The van der Waals surface area contributed by atoms with Crippen molar-refractivity contribution < 1.29 is 9.53 Å². The molecule has 2 unspecified atom stereocenters. The molecule has 0 aliphatic carbocycles. The Hall–Kier alpha value is -0.720. The number of amides is 1. The van der Waals surface area contributed by atoms with Crippen LogP contribution in [0.15, 0.2) is 0 Å². The highest BCUT2D eigenvalue weighted by Crippen LogP contribution is 2.19. The average Bonchev–Trinajstić information content (AvgIpc) is 2.62. The van der Waals surface area contributed by atoms with Gasteiger partial charge < -0.3 is 9.64 Å². The van der Waals surface area contributed by atoms with Gasteiger partial charge in [-0.3, -0.25) is 4.79 Å². The molecule has 0 aromatic carbocycles. The van der Waals surface area contributed by atoms with E-state index in [1.54, 1.807) is 4.90 Å². The molecule has 2 atom stereocenters. The van der Waals surface area contributed by atoms with Crippen molar-refractivity contribution in [2.75, 3.05) is 13.1 Å². The predicted molar refractivity (Wildman–Crippen MR) is 60.8 cm³/mol. The quantitative estimate of drug-likeness (QED) is 0.768. The van der Waals surface area contributed by atoms with Gasteiger partial charge in [0, 0.05) is 13.1 Å². The molecular formula is C9H12ClN3O2S. The van der Waals surface area contributed by atoms with Gasteiger partial charge in [0.05, 0.1) is 12.2 Å². The number of nitrogens with zero attached hydrogens (tertiary/aromatic N) is 3. The zero-order chi connectivity index (χ0) is 11.7. The molecule has 1 fully saturated rings. The molecule has 88 valence electrons. The van der Waals surface area contributed by atoms with E-state index in [0.29, 0.717) is 18.1 Å². The van der Waals surface area contributed by atoms with Crippen LogP contribution in [0.3, 0.4) is 0 Å². The first kappa shape index (κ1) is 11.8. The van der Waals surface area contributed by atoms with E-state index < -0.39 is 0 Å². The number of morpholine rings is 1. The molecule has 1 aromatic heterocycles. The fourth-order valence-corrected chi connectivity index (χ4v) is 2.57. The maximum atomic E-state index is 12.0. The summed E-state index contributed by atoms with van der Waals surface area (Å²) in [7, 11) is 0. The second-order valence-corrected chi connectivity index (χ2v) is 5.39. The Bertz CT molecular complexity index is 388. The van der Waals surface area contributed by atoms with E-state index in [9.17, 15) is 4.79 Å². The van der Waals surface area contributed by atoms with Gasteiger partial charge >= 0.3 is 0 Å². The van der Waals surface area contributed by atoms with Crippen molar-refractivity contribution in [3.05, 3.63) is 9.47 Å². The summed E-state index contributed by atoms with van der Waals surface area (Å²) < 4.78 is 5.84. The normalized spacial score (nSPS) is 25.8. The van der Waals surface area contributed by atoms with Gasteiger partial charge in [-0.05, 0) is 25.4 Å². The van der Waals surface area contributed by atoms with Gasteiger partial charge in [0.2, 0.25) is 9.47 Å². The topological polar surface area (TPSA) is 55.3 Å². The standard InChI is InChI=1S/C9H12ClN3O2S/c1-5-3-13(4-6(2)15-5)8(14)7-11-12-9(10)16-7/h5-6H,3-4H2,1-2H3. The van der Waals surface area contributed by atoms with E-state index in [1.807, 2.05) is 13.8 Å². The Balaban J connectivity index is 2.09. The molecule has 5 nitrogen and oxygen atoms in total. The van der Waals surface area contributed by atoms with Crippen LogP contribution >= 0.6 is 22.9 Å². The van der Waals surface area contributed by atoms with Crippen molar-refractivity contribution >= 4 is 28.8 Å². The molecule has 16 heavy (non-hydrogen) atoms. The van der Waals surface area contributed by atoms with Crippen LogP contribution in [-0.2, 0) is 4.74 Å². The fraction of sp³-hybridized carbons (Fsp3) is 0.667. The zero-order valence-electron chi connectivity index (χ0n) is 9.01. The first-order valence-electron chi connectivity index (χ1n) is 5.00.